The summed E-state index contributed by atoms with van der Waals surface area (Å²) in [6.07, 6.45) is 3.08. The van der Waals surface area contributed by atoms with Gasteiger partial charge in [-0.05, 0) is 36.4 Å². The van der Waals surface area contributed by atoms with Crippen LogP contribution in [0.25, 0.3) is 0 Å². The summed E-state index contributed by atoms with van der Waals surface area (Å²) >= 11 is 0. The second-order valence-electron chi connectivity index (χ2n) is 7.28. The Morgan fingerprint density at radius 3 is 1.74 bits per heavy atom. The van der Waals surface area contributed by atoms with Crippen molar-refractivity contribution in [1.29, 1.82) is 0 Å². The Bertz CT molecular complexity index is 1130. The van der Waals surface area contributed by atoms with Gasteiger partial charge in [0, 0.05) is 54.3 Å². The van der Waals surface area contributed by atoms with E-state index in [2.05, 4.69) is 9.98 Å². The Kier molecular flexibility index (Phi) is 8.45. The van der Waals surface area contributed by atoms with E-state index in [1.54, 1.807) is 65.9 Å². The Balaban J connectivity index is 1.68. The Morgan fingerprint density at radius 1 is 0.824 bits per heavy atom. The van der Waals surface area contributed by atoms with Crippen LogP contribution in [0, 0.1) is 10.1 Å². The summed E-state index contributed by atoms with van der Waals surface area (Å²) in [4.78, 5) is 33.6. The van der Waals surface area contributed by atoms with E-state index < -0.39 is 4.92 Å². The topological polar surface area (TPSA) is 129 Å². The lowest BCUT2D eigenvalue weighted by Gasteiger charge is -2.21. The zero-order valence-corrected chi connectivity index (χ0v) is 18.3. The minimum atomic E-state index is -0.520. The lowest BCUT2D eigenvalue weighted by molar-refractivity contribution is -0.384. The summed E-state index contributed by atoms with van der Waals surface area (Å²) in [7, 11) is 0. The Labute approximate surface area is 196 Å². The van der Waals surface area contributed by atoms with Gasteiger partial charge in [0.2, 0.25) is 0 Å². The Hall–Kier alpha value is -4.53. The van der Waals surface area contributed by atoms with Crippen molar-refractivity contribution >= 4 is 24.0 Å². The molecule has 0 aliphatic carbocycles. The Morgan fingerprint density at radius 2 is 1.29 bits per heavy atom. The van der Waals surface area contributed by atoms with Gasteiger partial charge in [0.05, 0.1) is 18.0 Å². The van der Waals surface area contributed by atoms with Gasteiger partial charge in [-0.3, -0.25) is 24.9 Å². The van der Waals surface area contributed by atoms with Gasteiger partial charge in [-0.25, -0.2) is 0 Å². The first-order valence-corrected chi connectivity index (χ1v) is 10.5. The number of rotatable bonds is 10. The van der Waals surface area contributed by atoms with Crippen LogP contribution in [0.2, 0.25) is 0 Å². The molecule has 3 rings (SSSR count). The second kappa shape index (κ2) is 11.9. The first-order chi connectivity index (χ1) is 16.5. The number of nitro groups is 1. The number of carbonyl (C=O) groups excluding carboxylic acids is 1. The summed E-state index contributed by atoms with van der Waals surface area (Å²) in [6.45, 7) is 1.14. The lowest BCUT2D eigenvalue weighted by atomic mass is 10.2. The summed E-state index contributed by atoms with van der Waals surface area (Å²) < 4.78 is 0. The van der Waals surface area contributed by atoms with E-state index in [4.69, 9.17) is 0 Å². The van der Waals surface area contributed by atoms with Gasteiger partial charge in [0.15, 0.2) is 0 Å². The second-order valence-corrected chi connectivity index (χ2v) is 7.28. The quantitative estimate of drug-likeness (QED) is 0.271. The smallest absolute Gasteiger partial charge is 0.269 e. The number of hydrogen-bond acceptors (Lipinski definition) is 7. The number of amides is 1. The van der Waals surface area contributed by atoms with Crippen molar-refractivity contribution in [3.8, 4) is 11.5 Å². The van der Waals surface area contributed by atoms with Crippen LogP contribution in [0.3, 0.4) is 0 Å². The van der Waals surface area contributed by atoms with Crippen molar-refractivity contribution < 1.29 is 19.9 Å². The van der Waals surface area contributed by atoms with Crippen molar-refractivity contribution in [2.24, 2.45) is 9.98 Å². The van der Waals surface area contributed by atoms with Crippen LogP contribution in [0.4, 0.5) is 5.69 Å². The molecule has 0 saturated carbocycles. The first kappa shape index (κ1) is 24.1. The molecule has 0 aromatic heterocycles. The van der Waals surface area contributed by atoms with E-state index in [0.717, 1.165) is 0 Å². The highest BCUT2D eigenvalue weighted by Gasteiger charge is 2.16. The number of phenolic OH excluding ortho intramolecular Hbond substituents is 2. The van der Waals surface area contributed by atoms with Gasteiger partial charge in [-0.2, -0.15) is 0 Å². The normalized spacial score (nSPS) is 11.2. The molecule has 9 nitrogen and oxygen atoms in total. The summed E-state index contributed by atoms with van der Waals surface area (Å²) in [5, 5.41) is 30.6. The highest BCUT2D eigenvalue weighted by Crippen LogP contribution is 2.15. The third-order valence-corrected chi connectivity index (χ3v) is 4.94. The van der Waals surface area contributed by atoms with Gasteiger partial charge in [-0.15, -0.1) is 0 Å². The molecule has 3 aromatic carbocycles. The predicted molar refractivity (Wildman–Crippen MR) is 130 cm³/mol. The SMILES string of the molecule is O=C(c1ccc([N+](=O)[O-])cc1)N(CCN=Cc1ccccc1O)CCN=Cc1ccccc1O. The van der Waals surface area contributed by atoms with E-state index >= 15 is 0 Å². The molecular formula is C25H24N4O5. The first-order valence-electron chi connectivity index (χ1n) is 10.5. The molecule has 0 aliphatic heterocycles. The standard InChI is InChI=1S/C25H24N4O5/c30-23-7-3-1-5-20(23)17-26-13-15-28(16-14-27-18-21-6-2-4-8-24(21)31)25(32)19-9-11-22(12-10-19)29(33)34/h1-12,17-18,30-31H,13-16H2. The number of carbonyl (C=O) groups is 1. The van der Waals surface area contributed by atoms with Gasteiger partial charge in [0.1, 0.15) is 11.5 Å². The molecule has 0 atom stereocenters. The van der Waals surface area contributed by atoms with Crippen LogP contribution in [0.5, 0.6) is 11.5 Å². The average molecular weight is 460 g/mol. The molecule has 0 spiro atoms. The maximum atomic E-state index is 13.0. The molecule has 174 valence electrons. The number of hydrogen-bond donors (Lipinski definition) is 2. The molecule has 0 radical (unpaired) electrons. The molecule has 0 saturated heterocycles. The average Bonchev–Trinajstić information content (AvgIpc) is 2.84. The third kappa shape index (κ3) is 6.73. The summed E-state index contributed by atoms with van der Waals surface area (Å²) in [5.74, 6) is -0.0717. The van der Waals surface area contributed by atoms with E-state index in [-0.39, 0.29) is 49.3 Å². The van der Waals surface area contributed by atoms with Gasteiger partial charge in [0.25, 0.3) is 11.6 Å². The fourth-order valence-corrected chi connectivity index (χ4v) is 3.10. The van der Waals surface area contributed by atoms with Crippen LogP contribution in [0.15, 0.2) is 82.8 Å². The van der Waals surface area contributed by atoms with E-state index in [1.165, 1.54) is 24.3 Å². The van der Waals surface area contributed by atoms with Crippen LogP contribution in [0.1, 0.15) is 21.5 Å². The van der Waals surface area contributed by atoms with E-state index in [9.17, 15) is 25.1 Å². The third-order valence-electron chi connectivity index (χ3n) is 4.94. The monoisotopic (exact) mass is 460 g/mol. The number of aliphatic imine (C=N–C) groups is 2. The molecule has 3 aromatic rings. The molecule has 34 heavy (non-hydrogen) atoms. The largest absolute Gasteiger partial charge is 0.507 e. The molecule has 9 heteroatoms. The zero-order chi connectivity index (χ0) is 24.3. The van der Waals surface area contributed by atoms with Crippen molar-refractivity contribution in [3.05, 3.63) is 99.6 Å². The predicted octanol–water partition coefficient (Wildman–Crippen LogP) is 3.69. The van der Waals surface area contributed by atoms with Crippen molar-refractivity contribution in [2.45, 2.75) is 0 Å². The molecule has 2 N–H and O–H groups in total. The fraction of sp³-hybridized carbons (Fsp3) is 0.160. The highest BCUT2D eigenvalue weighted by molar-refractivity contribution is 5.94. The maximum absolute atomic E-state index is 13.0. The van der Waals surface area contributed by atoms with Crippen molar-refractivity contribution in [1.82, 2.24) is 4.90 Å². The molecule has 0 heterocycles. The van der Waals surface area contributed by atoms with E-state index in [0.29, 0.717) is 16.7 Å². The van der Waals surface area contributed by atoms with Crippen LogP contribution in [-0.4, -0.2) is 64.6 Å². The number of para-hydroxylation sites is 2. The number of nitrogens with zero attached hydrogens (tertiary/aromatic N) is 4. The number of benzene rings is 3. The van der Waals surface area contributed by atoms with Crippen LogP contribution >= 0.6 is 0 Å². The number of aromatic hydroxyl groups is 2. The molecule has 0 aliphatic rings. The molecular weight excluding hydrogens is 436 g/mol. The van der Waals surface area contributed by atoms with Crippen molar-refractivity contribution in [2.75, 3.05) is 26.2 Å². The number of non-ortho nitro benzene ring substituents is 1. The van der Waals surface area contributed by atoms with Gasteiger partial charge in [-0.1, -0.05) is 24.3 Å². The van der Waals surface area contributed by atoms with Gasteiger partial charge >= 0.3 is 0 Å². The lowest BCUT2D eigenvalue weighted by Crippen LogP contribution is -2.35. The minimum absolute atomic E-state index is 0.0948. The highest BCUT2D eigenvalue weighted by atomic mass is 16.6. The zero-order valence-electron chi connectivity index (χ0n) is 18.3. The molecule has 1 amide bonds. The molecule has 0 bridgehead atoms. The number of nitro benzene ring substituents is 1. The van der Waals surface area contributed by atoms with Crippen LogP contribution < -0.4 is 0 Å². The molecule has 0 unspecified atom stereocenters. The summed E-state index contributed by atoms with van der Waals surface area (Å²) in [5.41, 5.74) is 1.37. The summed E-state index contributed by atoms with van der Waals surface area (Å²) in [6, 6.07) is 19.0. The minimum Gasteiger partial charge on any atom is -0.507 e. The van der Waals surface area contributed by atoms with Gasteiger partial charge < -0.3 is 15.1 Å². The van der Waals surface area contributed by atoms with E-state index in [1.807, 2.05) is 0 Å². The van der Waals surface area contributed by atoms with Crippen molar-refractivity contribution in [3.63, 3.8) is 0 Å². The molecule has 0 fully saturated rings. The number of phenols is 2. The maximum Gasteiger partial charge on any atom is 0.269 e. The van der Waals surface area contributed by atoms with Crippen LogP contribution in [-0.2, 0) is 0 Å². The fourth-order valence-electron chi connectivity index (χ4n) is 3.10.